The molecule has 0 heterocycles. The zero-order chi connectivity index (χ0) is 23.0. The van der Waals surface area contributed by atoms with Gasteiger partial charge in [-0.05, 0) is 43.2 Å². The number of anilines is 2. The van der Waals surface area contributed by atoms with Gasteiger partial charge < -0.3 is 20.1 Å². The third-order valence-electron chi connectivity index (χ3n) is 4.33. The molecule has 0 radical (unpaired) electrons. The number of nitrogens with one attached hydrogen (secondary N) is 2. The number of halogens is 4. The van der Waals surface area contributed by atoms with Crippen molar-refractivity contribution in [2.45, 2.75) is 25.4 Å². The summed E-state index contributed by atoms with van der Waals surface area (Å²) in [6, 6.07) is 6.19. The van der Waals surface area contributed by atoms with Crippen LogP contribution in [0.25, 0.3) is 0 Å². The molecule has 0 atom stereocenters. The highest BCUT2D eigenvalue weighted by Gasteiger charge is 2.30. The van der Waals surface area contributed by atoms with Crippen LogP contribution in [0.4, 0.5) is 29.3 Å². The number of rotatable bonds is 9. The number of methoxy groups -OCH3 is 2. The Hall–Kier alpha value is -2.94. The fourth-order valence-electron chi connectivity index (χ4n) is 2.76. The molecule has 10 heteroatoms. The molecule has 0 aliphatic carbocycles. The first-order valence-corrected chi connectivity index (χ1v) is 9.83. The third-order valence-corrected chi connectivity index (χ3v) is 4.60. The highest BCUT2D eigenvalue weighted by atomic mass is 35.5. The fourth-order valence-corrected chi connectivity index (χ4v) is 2.95. The van der Waals surface area contributed by atoms with Crippen LogP contribution in [0.5, 0.6) is 11.5 Å². The Labute approximate surface area is 182 Å². The highest BCUT2D eigenvalue weighted by molar-refractivity contribution is 6.17. The lowest BCUT2D eigenvalue weighted by molar-refractivity contribution is -0.137. The summed E-state index contributed by atoms with van der Waals surface area (Å²) < 4.78 is 48.5. The van der Waals surface area contributed by atoms with E-state index in [9.17, 15) is 22.8 Å². The second-order valence-corrected chi connectivity index (χ2v) is 6.85. The predicted octanol–water partition coefficient (Wildman–Crippen LogP) is 5.96. The van der Waals surface area contributed by atoms with Gasteiger partial charge in [0.2, 0.25) is 0 Å². The van der Waals surface area contributed by atoms with Crippen molar-refractivity contribution in [3.05, 3.63) is 47.5 Å². The Balaban J connectivity index is 2.19. The highest BCUT2D eigenvalue weighted by Crippen LogP contribution is 2.34. The lowest BCUT2D eigenvalue weighted by atomic mass is 10.0. The molecule has 2 amide bonds. The molecule has 0 bridgehead atoms. The van der Waals surface area contributed by atoms with Crippen molar-refractivity contribution in [2.75, 3.05) is 30.7 Å². The van der Waals surface area contributed by atoms with Gasteiger partial charge in [-0.1, -0.05) is 0 Å². The summed E-state index contributed by atoms with van der Waals surface area (Å²) in [6.45, 7) is 0. The molecular formula is C21H22ClF3N2O4. The number of amides is 2. The van der Waals surface area contributed by atoms with E-state index in [1.165, 1.54) is 26.4 Å². The number of carbonyl (C=O) groups is 2. The lowest BCUT2D eigenvalue weighted by Crippen LogP contribution is -2.20. The van der Waals surface area contributed by atoms with Crippen LogP contribution in [0.3, 0.4) is 0 Å². The average molecular weight is 459 g/mol. The lowest BCUT2D eigenvalue weighted by Gasteiger charge is -2.16. The summed E-state index contributed by atoms with van der Waals surface area (Å²) in [5.41, 5.74) is -0.195. The summed E-state index contributed by atoms with van der Waals surface area (Å²) in [5.74, 6) is 0.804. The molecule has 31 heavy (non-hydrogen) atoms. The molecule has 0 fully saturated rings. The van der Waals surface area contributed by atoms with Gasteiger partial charge in [0.15, 0.2) is 5.78 Å². The molecule has 0 unspecified atom stereocenters. The van der Waals surface area contributed by atoms with Gasteiger partial charge in [0, 0.05) is 24.1 Å². The van der Waals surface area contributed by atoms with Crippen molar-refractivity contribution < 1.29 is 32.2 Å². The number of Topliss-reactive ketones (excluding diaryl/α,β-unsaturated/α-hetero) is 1. The number of carbonyl (C=O) groups excluding carboxylic acids is 2. The molecular weight excluding hydrogens is 437 g/mol. The van der Waals surface area contributed by atoms with Crippen LogP contribution in [0.2, 0.25) is 0 Å². The number of hydrogen-bond acceptors (Lipinski definition) is 4. The van der Waals surface area contributed by atoms with Crippen LogP contribution in [0.15, 0.2) is 36.4 Å². The third kappa shape index (κ3) is 6.78. The van der Waals surface area contributed by atoms with Crippen molar-refractivity contribution >= 4 is 34.8 Å². The van der Waals surface area contributed by atoms with E-state index in [1.54, 1.807) is 0 Å². The molecule has 0 saturated heterocycles. The number of benzene rings is 2. The molecule has 0 aliphatic heterocycles. The zero-order valence-electron chi connectivity index (χ0n) is 16.9. The van der Waals surface area contributed by atoms with Gasteiger partial charge in [-0.25, -0.2) is 4.79 Å². The smallest absolute Gasteiger partial charge is 0.416 e. The van der Waals surface area contributed by atoms with Crippen LogP contribution in [-0.2, 0) is 6.18 Å². The summed E-state index contributed by atoms with van der Waals surface area (Å²) in [4.78, 5) is 24.9. The van der Waals surface area contributed by atoms with Crippen LogP contribution in [0.1, 0.15) is 35.2 Å². The normalized spacial score (nSPS) is 11.0. The van der Waals surface area contributed by atoms with E-state index in [0.717, 1.165) is 24.3 Å². The van der Waals surface area contributed by atoms with Crippen LogP contribution in [0, 0.1) is 0 Å². The first-order chi connectivity index (χ1) is 14.7. The summed E-state index contributed by atoms with van der Waals surface area (Å²) in [6.07, 6.45) is -2.92. The summed E-state index contributed by atoms with van der Waals surface area (Å²) in [7, 11) is 2.80. The predicted molar refractivity (Wildman–Crippen MR) is 113 cm³/mol. The molecule has 2 N–H and O–H groups in total. The van der Waals surface area contributed by atoms with Crippen LogP contribution in [-0.4, -0.2) is 31.9 Å². The van der Waals surface area contributed by atoms with Crippen molar-refractivity contribution in [3.8, 4) is 11.5 Å². The molecule has 0 aromatic heterocycles. The standard InChI is InChI=1S/C21H22ClF3N2O4/c1-30-18-12-19(31-2)16(11-15(18)17(28)5-3-4-10-22)27-20(29)26-14-8-6-13(7-9-14)21(23,24)25/h6-9,11-12H,3-5,10H2,1-2H3,(H2,26,27,29). The van der Waals surface area contributed by atoms with Gasteiger partial charge in [-0.2, -0.15) is 13.2 Å². The second kappa shape index (κ2) is 10.9. The minimum Gasteiger partial charge on any atom is -0.496 e. The number of hydrogen-bond donors (Lipinski definition) is 2. The number of alkyl halides is 4. The van der Waals surface area contributed by atoms with Crippen LogP contribution < -0.4 is 20.1 Å². The first kappa shape index (κ1) is 24.3. The Morgan fingerprint density at radius 2 is 1.61 bits per heavy atom. The van der Waals surface area contributed by atoms with Gasteiger partial charge in [0.25, 0.3) is 0 Å². The van der Waals surface area contributed by atoms with Gasteiger partial charge in [-0.15, -0.1) is 11.6 Å². The number of ketones is 1. The van der Waals surface area contributed by atoms with E-state index in [4.69, 9.17) is 21.1 Å². The van der Waals surface area contributed by atoms with Crippen molar-refractivity contribution in [2.24, 2.45) is 0 Å². The maximum absolute atomic E-state index is 12.7. The number of urea groups is 1. The average Bonchev–Trinajstić information content (AvgIpc) is 2.73. The Bertz CT molecular complexity index is 918. The van der Waals surface area contributed by atoms with Crippen LogP contribution >= 0.6 is 11.6 Å². The van der Waals surface area contributed by atoms with E-state index in [2.05, 4.69) is 10.6 Å². The van der Waals surface area contributed by atoms with E-state index < -0.39 is 17.8 Å². The largest absolute Gasteiger partial charge is 0.496 e. The Morgan fingerprint density at radius 1 is 0.968 bits per heavy atom. The summed E-state index contributed by atoms with van der Waals surface area (Å²) >= 11 is 5.65. The van der Waals surface area contributed by atoms with Gasteiger partial charge in [-0.3, -0.25) is 4.79 Å². The van der Waals surface area contributed by atoms with E-state index >= 15 is 0 Å². The summed E-state index contributed by atoms with van der Waals surface area (Å²) in [5, 5.41) is 4.98. The molecule has 0 aliphatic rings. The maximum Gasteiger partial charge on any atom is 0.416 e. The fraction of sp³-hybridized carbons (Fsp3) is 0.333. The van der Waals surface area contributed by atoms with E-state index in [1.807, 2.05) is 0 Å². The quantitative estimate of drug-likeness (QED) is 0.276. The molecule has 2 aromatic rings. The van der Waals surface area contributed by atoms with Crippen molar-refractivity contribution in [3.63, 3.8) is 0 Å². The first-order valence-electron chi connectivity index (χ1n) is 9.30. The van der Waals surface area contributed by atoms with Crippen molar-refractivity contribution in [1.29, 1.82) is 0 Å². The Morgan fingerprint density at radius 3 is 2.16 bits per heavy atom. The number of unbranched alkanes of at least 4 members (excludes halogenated alkanes) is 1. The minimum absolute atomic E-state index is 0.162. The monoisotopic (exact) mass is 458 g/mol. The minimum atomic E-state index is -4.47. The van der Waals surface area contributed by atoms with E-state index in [-0.39, 0.29) is 34.9 Å². The van der Waals surface area contributed by atoms with Crippen molar-refractivity contribution in [1.82, 2.24) is 0 Å². The molecule has 0 spiro atoms. The topological polar surface area (TPSA) is 76.7 Å². The van der Waals surface area contributed by atoms with Gasteiger partial charge in [0.1, 0.15) is 11.5 Å². The zero-order valence-corrected chi connectivity index (χ0v) is 17.7. The molecule has 2 rings (SSSR count). The van der Waals surface area contributed by atoms with E-state index in [0.29, 0.717) is 24.5 Å². The molecule has 0 saturated carbocycles. The molecule has 2 aromatic carbocycles. The van der Waals surface area contributed by atoms with Gasteiger partial charge >= 0.3 is 12.2 Å². The SMILES string of the molecule is COc1cc(OC)c(C(=O)CCCCCl)cc1NC(=O)Nc1ccc(C(F)(F)F)cc1. The molecule has 6 nitrogen and oxygen atoms in total. The second-order valence-electron chi connectivity index (χ2n) is 6.48. The number of ether oxygens (including phenoxy) is 2. The maximum atomic E-state index is 12.7. The molecule has 168 valence electrons. The Kier molecular flexibility index (Phi) is 8.56. The van der Waals surface area contributed by atoms with Gasteiger partial charge in [0.05, 0.1) is 31.0 Å².